The van der Waals surface area contributed by atoms with Crippen molar-refractivity contribution in [1.82, 2.24) is 19.7 Å². The van der Waals surface area contributed by atoms with Crippen LogP contribution in [0.4, 0.5) is 0 Å². The van der Waals surface area contributed by atoms with Crippen molar-refractivity contribution in [2.45, 2.75) is 24.4 Å². The zero-order valence-electron chi connectivity index (χ0n) is 17.8. The molecule has 0 spiro atoms. The van der Waals surface area contributed by atoms with Crippen LogP contribution in [0.5, 0.6) is 0 Å². The van der Waals surface area contributed by atoms with E-state index in [1.54, 1.807) is 37.0 Å². The van der Waals surface area contributed by atoms with Crippen LogP contribution in [-0.4, -0.2) is 39.7 Å². The van der Waals surface area contributed by atoms with E-state index in [0.717, 1.165) is 33.6 Å². The van der Waals surface area contributed by atoms with Gasteiger partial charge >= 0.3 is 0 Å². The van der Waals surface area contributed by atoms with Crippen molar-refractivity contribution in [3.05, 3.63) is 89.4 Å². The third-order valence-corrected chi connectivity index (χ3v) is 5.90. The predicted octanol–water partition coefficient (Wildman–Crippen LogP) is 4.89. The van der Waals surface area contributed by atoms with Crippen LogP contribution in [0.25, 0.3) is 11.4 Å². The van der Waals surface area contributed by atoms with Crippen molar-refractivity contribution in [2.75, 3.05) is 14.1 Å². The molecule has 6 nitrogen and oxygen atoms in total. The second-order valence-electron chi connectivity index (χ2n) is 7.53. The number of thioether (sulfide) groups is 1. The molecule has 7 heteroatoms. The quantitative estimate of drug-likeness (QED) is 0.389. The Balaban J connectivity index is 1.57. The topological polar surface area (TPSA) is 64.2 Å². The smallest absolute Gasteiger partial charge is 0.253 e. The maximum absolute atomic E-state index is 12.1. The SMILES string of the molecule is Cc1cccc(-c2nnc(SCc3ccc(C(=O)N(C)C)cc3)n2Cc2ccco2)c1. The molecule has 31 heavy (non-hydrogen) atoms. The maximum Gasteiger partial charge on any atom is 0.253 e. The van der Waals surface area contributed by atoms with Crippen LogP contribution < -0.4 is 0 Å². The number of aromatic nitrogens is 3. The fraction of sp³-hybridized carbons (Fsp3) is 0.208. The van der Waals surface area contributed by atoms with Crippen LogP contribution in [0.3, 0.4) is 0 Å². The van der Waals surface area contributed by atoms with E-state index in [2.05, 4.69) is 33.8 Å². The molecule has 2 heterocycles. The van der Waals surface area contributed by atoms with E-state index in [1.807, 2.05) is 48.5 Å². The van der Waals surface area contributed by atoms with Crippen molar-refractivity contribution in [1.29, 1.82) is 0 Å². The first-order valence-corrected chi connectivity index (χ1v) is 11.0. The second kappa shape index (κ2) is 9.22. The summed E-state index contributed by atoms with van der Waals surface area (Å²) in [6.45, 7) is 2.62. The molecule has 0 bridgehead atoms. The third-order valence-electron chi connectivity index (χ3n) is 4.86. The van der Waals surface area contributed by atoms with E-state index in [-0.39, 0.29) is 5.91 Å². The number of hydrogen-bond donors (Lipinski definition) is 0. The Morgan fingerprint density at radius 2 is 1.87 bits per heavy atom. The number of hydrogen-bond acceptors (Lipinski definition) is 5. The van der Waals surface area contributed by atoms with Crippen molar-refractivity contribution < 1.29 is 9.21 Å². The summed E-state index contributed by atoms with van der Waals surface area (Å²) in [7, 11) is 3.51. The second-order valence-corrected chi connectivity index (χ2v) is 8.47. The standard InChI is InChI=1S/C24H24N4O2S/c1-17-6-4-7-20(14-17)22-25-26-24(28(22)15-21-8-5-13-30-21)31-16-18-9-11-19(12-10-18)23(29)27(2)3/h4-14H,15-16H2,1-3H3. The fourth-order valence-electron chi connectivity index (χ4n) is 3.24. The lowest BCUT2D eigenvalue weighted by Gasteiger charge is -2.11. The molecule has 4 aromatic rings. The average Bonchev–Trinajstić information content (AvgIpc) is 3.42. The van der Waals surface area contributed by atoms with E-state index < -0.39 is 0 Å². The van der Waals surface area contributed by atoms with Crippen molar-refractivity contribution in [3.63, 3.8) is 0 Å². The minimum Gasteiger partial charge on any atom is -0.467 e. The summed E-state index contributed by atoms with van der Waals surface area (Å²) < 4.78 is 7.66. The highest BCUT2D eigenvalue weighted by molar-refractivity contribution is 7.98. The van der Waals surface area contributed by atoms with E-state index in [0.29, 0.717) is 12.1 Å². The first-order valence-electron chi connectivity index (χ1n) is 9.97. The Labute approximate surface area is 185 Å². The molecule has 2 aromatic carbocycles. The number of aryl methyl sites for hydroxylation is 1. The molecule has 0 atom stereocenters. The lowest BCUT2D eigenvalue weighted by Crippen LogP contribution is -2.21. The van der Waals surface area contributed by atoms with Gasteiger partial charge in [-0.25, -0.2) is 0 Å². The summed E-state index contributed by atoms with van der Waals surface area (Å²) in [4.78, 5) is 13.7. The van der Waals surface area contributed by atoms with Crippen LogP contribution in [0.2, 0.25) is 0 Å². The van der Waals surface area contributed by atoms with Gasteiger partial charge in [-0.15, -0.1) is 10.2 Å². The van der Waals surface area contributed by atoms with E-state index in [9.17, 15) is 4.79 Å². The summed E-state index contributed by atoms with van der Waals surface area (Å²) in [6.07, 6.45) is 1.68. The summed E-state index contributed by atoms with van der Waals surface area (Å²) >= 11 is 1.61. The summed E-state index contributed by atoms with van der Waals surface area (Å²) in [5.41, 5.74) is 4.00. The zero-order valence-corrected chi connectivity index (χ0v) is 18.6. The van der Waals surface area contributed by atoms with Crippen molar-refractivity contribution in [2.24, 2.45) is 0 Å². The molecule has 1 amide bonds. The average molecular weight is 433 g/mol. The first-order chi connectivity index (χ1) is 15.0. The molecule has 0 saturated heterocycles. The first kappa shape index (κ1) is 20.9. The van der Waals surface area contributed by atoms with Crippen LogP contribution in [0, 0.1) is 6.92 Å². The van der Waals surface area contributed by atoms with Gasteiger partial charge in [0.15, 0.2) is 11.0 Å². The summed E-state index contributed by atoms with van der Waals surface area (Å²) in [5, 5.41) is 9.76. The maximum atomic E-state index is 12.1. The number of furan rings is 1. The van der Waals surface area contributed by atoms with E-state index in [4.69, 9.17) is 4.42 Å². The van der Waals surface area contributed by atoms with Gasteiger partial charge in [-0.05, 0) is 42.8 Å². The van der Waals surface area contributed by atoms with Crippen LogP contribution in [-0.2, 0) is 12.3 Å². The highest BCUT2D eigenvalue weighted by atomic mass is 32.2. The molecule has 0 aliphatic heterocycles. The highest BCUT2D eigenvalue weighted by Crippen LogP contribution is 2.28. The van der Waals surface area contributed by atoms with E-state index in [1.165, 1.54) is 5.56 Å². The molecule has 158 valence electrons. The number of carbonyl (C=O) groups excluding carboxylic acids is 1. The minimum atomic E-state index is 0.000176. The van der Waals surface area contributed by atoms with E-state index >= 15 is 0 Å². The molecule has 0 unspecified atom stereocenters. The molecule has 0 fully saturated rings. The molecular formula is C24H24N4O2S. The van der Waals surface area contributed by atoms with Crippen LogP contribution >= 0.6 is 11.8 Å². The number of amides is 1. The summed E-state index contributed by atoms with van der Waals surface area (Å²) in [5.74, 6) is 2.39. The largest absolute Gasteiger partial charge is 0.467 e. The number of nitrogens with zero attached hydrogens (tertiary/aromatic N) is 4. The number of carbonyl (C=O) groups is 1. The normalized spacial score (nSPS) is 10.9. The molecule has 4 rings (SSSR count). The van der Waals surface area contributed by atoms with Crippen LogP contribution in [0.15, 0.2) is 76.5 Å². The van der Waals surface area contributed by atoms with Gasteiger partial charge in [0.25, 0.3) is 5.91 Å². The monoisotopic (exact) mass is 432 g/mol. The zero-order chi connectivity index (χ0) is 21.8. The molecule has 0 aliphatic rings. The van der Waals surface area contributed by atoms with Gasteiger partial charge in [-0.2, -0.15) is 0 Å². The van der Waals surface area contributed by atoms with Gasteiger partial charge in [0.05, 0.1) is 12.8 Å². The Kier molecular flexibility index (Phi) is 6.23. The van der Waals surface area contributed by atoms with Gasteiger partial charge < -0.3 is 9.32 Å². The van der Waals surface area contributed by atoms with Gasteiger partial charge in [-0.1, -0.05) is 47.7 Å². The third kappa shape index (κ3) is 4.88. The molecule has 0 radical (unpaired) electrons. The predicted molar refractivity (Wildman–Crippen MR) is 122 cm³/mol. The molecule has 0 N–H and O–H groups in total. The molecular weight excluding hydrogens is 408 g/mol. The molecule has 0 aliphatic carbocycles. The lowest BCUT2D eigenvalue weighted by molar-refractivity contribution is 0.0827. The van der Waals surface area contributed by atoms with Gasteiger partial charge in [0.2, 0.25) is 0 Å². The minimum absolute atomic E-state index is 0.000176. The van der Waals surface area contributed by atoms with Gasteiger partial charge in [-0.3, -0.25) is 9.36 Å². The van der Waals surface area contributed by atoms with Gasteiger partial charge in [0.1, 0.15) is 5.76 Å². The lowest BCUT2D eigenvalue weighted by atomic mass is 10.1. The van der Waals surface area contributed by atoms with Gasteiger partial charge in [0, 0.05) is 31.0 Å². The molecule has 0 saturated carbocycles. The van der Waals surface area contributed by atoms with Crippen molar-refractivity contribution >= 4 is 17.7 Å². The van der Waals surface area contributed by atoms with Crippen LogP contribution in [0.1, 0.15) is 27.2 Å². The van der Waals surface area contributed by atoms with Crippen molar-refractivity contribution in [3.8, 4) is 11.4 Å². The number of benzene rings is 2. The Hall–Kier alpha value is -3.32. The highest BCUT2D eigenvalue weighted by Gasteiger charge is 2.16. The summed E-state index contributed by atoms with van der Waals surface area (Å²) in [6, 6.07) is 19.8. The Morgan fingerprint density at radius 3 is 2.55 bits per heavy atom. The number of rotatable bonds is 7. The Morgan fingerprint density at radius 1 is 1.06 bits per heavy atom. The fourth-order valence-corrected chi connectivity index (χ4v) is 4.14. The Bertz CT molecular complexity index is 1160. The molecule has 2 aromatic heterocycles.